The molecule has 2 aromatic rings. The maximum atomic E-state index is 12.5. The van der Waals surface area contributed by atoms with Crippen LogP contribution < -0.4 is 10.5 Å². The number of halogens is 3. The fourth-order valence-electron chi connectivity index (χ4n) is 1.45. The van der Waals surface area contributed by atoms with Crippen LogP contribution in [-0.2, 0) is 0 Å². The number of anilines is 1. The molecule has 0 spiro atoms. The molecule has 2 rings (SSSR count). The summed E-state index contributed by atoms with van der Waals surface area (Å²) in [6, 6.07) is 11.4. The Morgan fingerprint density at radius 2 is 1.89 bits per heavy atom. The lowest BCUT2D eigenvalue weighted by Crippen LogP contribution is -1.94. The third-order valence-electron chi connectivity index (χ3n) is 2.31. The highest BCUT2D eigenvalue weighted by molar-refractivity contribution is 14.1. The van der Waals surface area contributed by atoms with Gasteiger partial charge in [-0.3, -0.25) is 0 Å². The van der Waals surface area contributed by atoms with Crippen LogP contribution >= 0.6 is 22.6 Å². The second-order valence-corrected chi connectivity index (χ2v) is 4.90. The number of hydrogen-bond acceptors (Lipinski definition) is 2. The van der Waals surface area contributed by atoms with Gasteiger partial charge < -0.3 is 10.5 Å². The number of nitrogen functional groups attached to an aromatic ring is 1. The van der Waals surface area contributed by atoms with Crippen molar-refractivity contribution in [3.8, 4) is 11.5 Å². The van der Waals surface area contributed by atoms with Crippen LogP contribution in [0.15, 0.2) is 42.5 Å². The molecule has 0 fully saturated rings. The Morgan fingerprint density at radius 3 is 2.50 bits per heavy atom. The fourth-order valence-corrected chi connectivity index (χ4v) is 1.97. The van der Waals surface area contributed by atoms with E-state index in [1.165, 1.54) is 18.2 Å². The van der Waals surface area contributed by atoms with Crippen molar-refractivity contribution in [2.45, 2.75) is 6.43 Å². The number of alkyl halides is 2. The fraction of sp³-hybridized carbons (Fsp3) is 0.0769. The van der Waals surface area contributed by atoms with Crippen molar-refractivity contribution in [1.29, 1.82) is 0 Å². The molecule has 0 aliphatic heterocycles. The van der Waals surface area contributed by atoms with E-state index < -0.39 is 6.43 Å². The monoisotopic (exact) mass is 361 g/mol. The highest BCUT2D eigenvalue weighted by Gasteiger charge is 2.10. The van der Waals surface area contributed by atoms with Gasteiger partial charge in [-0.15, -0.1) is 0 Å². The van der Waals surface area contributed by atoms with Gasteiger partial charge in [0.1, 0.15) is 11.5 Å². The van der Waals surface area contributed by atoms with Crippen LogP contribution in [0.5, 0.6) is 11.5 Å². The average Bonchev–Trinajstić information content (AvgIpc) is 2.31. The van der Waals surface area contributed by atoms with Crippen molar-refractivity contribution in [2.24, 2.45) is 0 Å². The number of nitrogens with two attached hydrogens (primary N) is 1. The van der Waals surface area contributed by atoms with E-state index in [1.807, 2.05) is 18.2 Å². The van der Waals surface area contributed by atoms with Gasteiger partial charge in [0.05, 0.1) is 5.69 Å². The minimum absolute atomic E-state index is 0.109. The van der Waals surface area contributed by atoms with E-state index in [0.717, 1.165) is 3.57 Å². The first-order chi connectivity index (χ1) is 8.56. The second kappa shape index (κ2) is 5.51. The SMILES string of the molecule is Nc1cc(C(F)F)ccc1Oc1cccc(I)c1. The summed E-state index contributed by atoms with van der Waals surface area (Å²) >= 11 is 2.16. The number of rotatable bonds is 3. The summed E-state index contributed by atoms with van der Waals surface area (Å²) in [7, 11) is 0. The predicted octanol–water partition coefficient (Wildman–Crippen LogP) is 4.60. The molecular weight excluding hydrogens is 351 g/mol. The van der Waals surface area contributed by atoms with Gasteiger partial charge in [-0.25, -0.2) is 8.78 Å². The molecule has 2 nitrogen and oxygen atoms in total. The van der Waals surface area contributed by atoms with E-state index in [1.54, 1.807) is 6.07 Å². The molecule has 0 aliphatic rings. The Morgan fingerprint density at radius 1 is 1.11 bits per heavy atom. The predicted molar refractivity (Wildman–Crippen MR) is 75.0 cm³/mol. The zero-order valence-electron chi connectivity index (χ0n) is 9.24. The standard InChI is InChI=1S/C13H10F2INO/c14-13(15)8-4-5-12(11(17)6-8)18-10-3-1-2-9(16)7-10/h1-7,13H,17H2. The molecule has 0 unspecified atom stereocenters. The molecule has 0 saturated carbocycles. The highest BCUT2D eigenvalue weighted by Crippen LogP contribution is 2.31. The second-order valence-electron chi connectivity index (χ2n) is 3.66. The molecule has 0 radical (unpaired) electrons. The number of benzene rings is 2. The Bertz CT molecular complexity index is 560. The molecule has 0 aliphatic carbocycles. The van der Waals surface area contributed by atoms with E-state index >= 15 is 0 Å². The third-order valence-corrected chi connectivity index (χ3v) is 2.98. The summed E-state index contributed by atoms with van der Waals surface area (Å²) in [5, 5.41) is 0. The van der Waals surface area contributed by atoms with Crippen molar-refractivity contribution in [3.63, 3.8) is 0 Å². The van der Waals surface area contributed by atoms with Gasteiger partial charge in [-0.1, -0.05) is 6.07 Å². The summed E-state index contributed by atoms with van der Waals surface area (Å²) in [5.41, 5.74) is 5.78. The molecule has 0 bridgehead atoms. The summed E-state index contributed by atoms with van der Waals surface area (Å²) < 4.78 is 31.5. The smallest absolute Gasteiger partial charge is 0.263 e. The van der Waals surface area contributed by atoms with Crippen LogP contribution in [0.4, 0.5) is 14.5 Å². The molecule has 0 saturated heterocycles. The lowest BCUT2D eigenvalue weighted by Gasteiger charge is -2.10. The first kappa shape index (κ1) is 13.1. The Hall–Kier alpha value is -1.37. The van der Waals surface area contributed by atoms with E-state index in [4.69, 9.17) is 10.5 Å². The molecule has 0 amide bonds. The molecule has 2 N–H and O–H groups in total. The average molecular weight is 361 g/mol. The van der Waals surface area contributed by atoms with Crippen molar-refractivity contribution in [3.05, 3.63) is 51.6 Å². The van der Waals surface area contributed by atoms with Crippen LogP contribution in [0.2, 0.25) is 0 Å². The van der Waals surface area contributed by atoms with Gasteiger partial charge in [-0.05, 0) is 59.0 Å². The maximum Gasteiger partial charge on any atom is 0.263 e. The lowest BCUT2D eigenvalue weighted by molar-refractivity contribution is 0.151. The molecule has 94 valence electrons. The van der Waals surface area contributed by atoms with Crippen LogP contribution in [0.25, 0.3) is 0 Å². The van der Waals surface area contributed by atoms with Crippen molar-refractivity contribution in [1.82, 2.24) is 0 Å². The van der Waals surface area contributed by atoms with E-state index in [-0.39, 0.29) is 11.3 Å². The minimum atomic E-state index is -2.53. The molecule has 0 atom stereocenters. The normalized spacial score (nSPS) is 10.7. The summed E-state index contributed by atoms with van der Waals surface area (Å²) in [6.45, 7) is 0. The van der Waals surface area contributed by atoms with Crippen molar-refractivity contribution < 1.29 is 13.5 Å². The molecular formula is C13H10F2INO. The van der Waals surface area contributed by atoms with Gasteiger partial charge in [0.25, 0.3) is 6.43 Å². The zero-order valence-corrected chi connectivity index (χ0v) is 11.4. The van der Waals surface area contributed by atoms with Crippen LogP contribution in [-0.4, -0.2) is 0 Å². The summed E-state index contributed by atoms with van der Waals surface area (Å²) in [4.78, 5) is 0. The van der Waals surface area contributed by atoms with Crippen LogP contribution in [0.1, 0.15) is 12.0 Å². The third kappa shape index (κ3) is 3.10. The summed E-state index contributed by atoms with van der Waals surface area (Å²) in [5.74, 6) is 1.000. The van der Waals surface area contributed by atoms with Gasteiger partial charge in [0.2, 0.25) is 0 Å². The number of hydrogen-bond donors (Lipinski definition) is 1. The molecule has 0 aromatic heterocycles. The first-order valence-electron chi connectivity index (χ1n) is 5.17. The molecule has 5 heteroatoms. The molecule has 0 heterocycles. The molecule has 18 heavy (non-hydrogen) atoms. The summed E-state index contributed by atoms with van der Waals surface area (Å²) in [6.07, 6.45) is -2.53. The van der Waals surface area contributed by atoms with Crippen molar-refractivity contribution >= 4 is 28.3 Å². The van der Waals surface area contributed by atoms with E-state index in [9.17, 15) is 8.78 Å². The first-order valence-corrected chi connectivity index (χ1v) is 6.25. The largest absolute Gasteiger partial charge is 0.455 e. The number of ether oxygens (including phenoxy) is 1. The Labute approximate surface area is 117 Å². The highest BCUT2D eigenvalue weighted by atomic mass is 127. The van der Waals surface area contributed by atoms with Gasteiger partial charge in [-0.2, -0.15) is 0 Å². The Kier molecular flexibility index (Phi) is 4.00. The van der Waals surface area contributed by atoms with E-state index in [0.29, 0.717) is 11.5 Å². The lowest BCUT2D eigenvalue weighted by atomic mass is 10.2. The van der Waals surface area contributed by atoms with Gasteiger partial charge in [0.15, 0.2) is 0 Å². The van der Waals surface area contributed by atoms with Gasteiger partial charge in [0, 0.05) is 9.13 Å². The quantitative estimate of drug-likeness (QED) is 0.641. The zero-order chi connectivity index (χ0) is 13.1. The maximum absolute atomic E-state index is 12.5. The van der Waals surface area contributed by atoms with Crippen molar-refractivity contribution in [2.75, 3.05) is 5.73 Å². The van der Waals surface area contributed by atoms with Crippen LogP contribution in [0.3, 0.4) is 0 Å². The minimum Gasteiger partial charge on any atom is -0.455 e. The van der Waals surface area contributed by atoms with Gasteiger partial charge >= 0.3 is 0 Å². The Balaban J connectivity index is 2.24. The van der Waals surface area contributed by atoms with Crippen LogP contribution in [0, 0.1) is 3.57 Å². The molecule has 2 aromatic carbocycles. The van der Waals surface area contributed by atoms with E-state index in [2.05, 4.69) is 22.6 Å². The topological polar surface area (TPSA) is 35.2 Å².